The van der Waals surface area contributed by atoms with E-state index in [9.17, 15) is 34.5 Å². The van der Waals surface area contributed by atoms with E-state index >= 15 is 0 Å². The van der Waals surface area contributed by atoms with Gasteiger partial charge < -0.3 is 35.4 Å². The van der Waals surface area contributed by atoms with Crippen molar-refractivity contribution in [2.24, 2.45) is 11.7 Å². The zero-order valence-electron chi connectivity index (χ0n) is 39.2. The Balaban J connectivity index is 2.82. The van der Waals surface area contributed by atoms with Crippen molar-refractivity contribution in [1.82, 2.24) is 10.2 Å². The Morgan fingerprint density at radius 3 is 1.34 bits per heavy atom. The number of unbranched alkanes of at least 4 members (excludes halogenated alkanes) is 29. The molecule has 61 heavy (non-hydrogen) atoms. The van der Waals surface area contributed by atoms with Crippen molar-refractivity contribution >= 4 is 23.6 Å². The maximum atomic E-state index is 14.1. The SMILES string of the molecule is CCCCCCCCCCCCCCCCCCN(C(=O)CCCCCCCCCCCCCCCCC)[C@]1(N)O[C@H](CO)[C@@H](O)[C@H](O)[C@H]1C(=O)[C@H](C)NC(=O)CCC(=O)O. The van der Waals surface area contributed by atoms with Crippen LogP contribution < -0.4 is 11.1 Å². The summed E-state index contributed by atoms with van der Waals surface area (Å²) in [5.41, 5.74) is 6.95. The summed E-state index contributed by atoms with van der Waals surface area (Å²) in [5, 5.41) is 43.9. The molecule has 0 aliphatic carbocycles. The third-order valence-corrected chi connectivity index (χ3v) is 12.7. The van der Waals surface area contributed by atoms with Gasteiger partial charge in [-0.05, 0) is 19.8 Å². The van der Waals surface area contributed by atoms with Crippen LogP contribution in [0.3, 0.4) is 0 Å². The number of Topliss-reactive ketones (excluding diaryl/α,β-unsaturated/α-hetero) is 1. The maximum Gasteiger partial charge on any atom is 0.303 e. The Morgan fingerprint density at radius 2 is 0.967 bits per heavy atom. The first-order valence-corrected chi connectivity index (χ1v) is 25.2. The van der Waals surface area contributed by atoms with E-state index in [0.29, 0.717) is 12.8 Å². The molecule has 0 aromatic heterocycles. The predicted molar refractivity (Wildman–Crippen MR) is 245 cm³/mol. The van der Waals surface area contributed by atoms with E-state index in [-0.39, 0.29) is 25.3 Å². The number of hydrogen-bond donors (Lipinski definition) is 6. The first kappa shape index (κ1) is 56.9. The topological polar surface area (TPSA) is 200 Å². The lowest BCUT2D eigenvalue weighted by Crippen LogP contribution is -2.76. The molecule has 0 aromatic carbocycles. The van der Waals surface area contributed by atoms with Crippen molar-refractivity contribution in [3.05, 3.63) is 0 Å². The van der Waals surface area contributed by atoms with Gasteiger partial charge in [-0.3, -0.25) is 24.9 Å². The van der Waals surface area contributed by atoms with Crippen molar-refractivity contribution in [3.8, 4) is 0 Å². The fourth-order valence-electron chi connectivity index (χ4n) is 8.77. The number of ether oxygens (including phenoxy) is 1. The first-order valence-electron chi connectivity index (χ1n) is 25.2. The number of hydrogen-bond acceptors (Lipinski definition) is 9. The number of aliphatic carboxylic acids is 1. The van der Waals surface area contributed by atoms with E-state index in [1.54, 1.807) is 0 Å². The fraction of sp³-hybridized carbons (Fsp3) is 0.918. The van der Waals surface area contributed by atoms with Crippen LogP contribution in [0.2, 0.25) is 0 Å². The molecule has 1 saturated heterocycles. The highest BCUT2D eigenvalue weighted by Gasteiger charge is 2.59. The second-order valence-corrected chi connectivity index (χ2v) is 18.2. The second kappa shape index (κ2) is 36.2. The molecule has 0 aromatic rings. The van der Waals surface area contributed by atoms with Crippen molar-refractivity contribution in [1.29, 1.82) is 0 Å². The molecular weight excluding hydrogens is 775 g/mol. The van der Waals surface area contributed by atoms with Crippen LogP contribution in [0, 0.1) is 5.92 Å². The largest absolute Gasteiger partial charge is 0.481 e. The van der Waals surface area contributed by atoms with E-state index in [1.807, 2.05) is 0 Å². The van der Waals surface area contributed by atoms with Crippen LogP contribution in [-0.4, -0.2) is 92.2 Å². The average Bonchev–Trinajstić information content (AvgIpc) is 3.23. The lowest BCUT2D eigenvalue weighted by atomic mass is 9.80. The lowest BCUT2D eigenvalue weighted by molar-refractivity contribution is -0.291. The quantitative estimate of drug-likeness (QED) is 0.0254. The molecule has 1 rings (SSSR count). The van der Waals surface area contributed by atoms with Gasteiger partial charge in [-0.15, -0.1) is 0 Å². The number of rotatable bonds is 41. The Labute approximate surface area is 371 Å². The van der Waals surface area contributed by atoms with Crippen LogP contribution in [0.5, 0.6) is 0 Å². The highest BCUT2D eigenvalue weighted by molar-refractivity contribution is 5.92. The second-order valence-electron chi connectivity index (χ2n) is 18.2. The molecule has 0 spiro atoms. The van der Waals surface area contributed by atoms with Gasteiger partial charge in [0.05, 0.1) is 25.2 Å². The van der Waals surface area contributed by atoms with Crippen molar-refractivity contribution in [2.75, 3.05) is 13.2 Å². The Bertz CT molecular complexity index is 1140. The molecule has 12 heteroatoms. The van der Waals surface area contributed by atoms with Crippen molar-refractivity contribution in [3.63, 3.8) is 0 Å². The molecule has 1 aliphatic heterocycles. The van der Waals surface area contributed by atoms with Gasteiger partial charge >= 0.3 is 5.97 Å². The molecular formula is C49H93N3O9. The van der Waals surface area contributed by atoms with E-state index in [1.165, 1.54) is 153 Å². The van der Waals surface area contributed by atoms with Crippen LogP contribution in [0.4, 0.5) is 0 Å². The molecule has 0 unspecified atom stereocenters. The summed E-state index contributed by atoms with van der Waals surface area (Å²) in [6.07, 6.45) is 31.4. The van der Waals surface area contributed by atoms with E-state index in [4.69, 9.17) is 15.6 Å². The fourth-order valence-corrected chi connectivity index (χ4v) is 8.77. The zero-order chi connectivity index (χ0) is 45.1. The molecule has 1 fully saturated rings. The molecule has 2 amide bonds. The van der Waals surface area contributed by atoms with Crippen molar-refractivity contribution < 1.29 is 44.3 Å². The standard InChI is InChI=1S/C49H93N3O9/c1-4-6-8-10-12-14-16-18-20-22-24-26-28-30-32-34-38-52(43(55)35-33-31-29-27-25-23-21-19-17-15-13-11-9-7-5-2)49(50)45(48(60)47(59)41(39-53)61-49)46(58)40(3)51-42(54)36-37-44(56)57/h40-41,45,47-48,53,59-60H,4-39,50H2,1-3H3,(H,51,54)(H,56,57)/t40-,41+,45+,47+,48+,49-/m0/s1. The molecule has 1 aliphatic rings. The Kier molecular flexibility index (Phi) is 33.8. The highest BCUT2D eigenvalue weighted by Crippen LogP contribution is 2.36. The number of carbonyl (C=O) groups excluding carboxylic acids is 3. The average molecular weight is 868 g/mol. The summed E-state index contributed by atoms with van der Waals surface area (Å²) >= 11 is 0. The number of aliphatic hydroxyl groups excluding tert-OH is 3. The van der Waals surface area contributed by atoms with Gasteiger partial charge in [0.1, 0.15) is 18.1 Å². The maximum absolute atomic E-state index is 14.1. The van der Waals surface area contributed by atoms with Crippen LogP contribution in [0.1, 0.15) is 239 Å². The number of ketones is 1. The van der Waals surface area contributed by atoms with Gasteiger partial charge in [-0.25, -0.2) is 0 Å². The van der Waals surface area contributed by atoms with Crippen LogP contribution in [0.15, 0.2) is 0 Å². The van der Waals surface area contributed by atoms with E-state index in [0.717, 1.165) is 44.9 Å². The van der Waals surface area contributed by atoms with E-state index < -0.39 is 66.8 Å². The number of carbonyl (C=O) groups is 4. The number of amides is 2. The lowest BCUT2D eigenvalue weighted by Gasteiger charge is -2.53. The third kappa shape index (κ3) is 25.1. The third-order valence-electron chi connectivity index (χ3n) is 12.7. The number of nitrogens with zero attached hydrogens (tertiary/aromatic N) is 1. The van der Waals surface area contributed by atoms with Gasteiger partial charge in [-0.2, -0.15) is 0 Å². The number of aliphatic hydroxyl groups is 3. The molecule has 0 radical (unpaired) electrons. The number of nitrogens with two attached hydrogens (primary N) is 1. The molecule has 6 atom stereocenters. The molecule has 1 heterocycles. The van der Waals surface area contributed by atoms with Gasteiger partial charge in [0.25, 0.3) is 0 Å². The number of carboxylic acid groups (broad SMARTS) is 1. The van der Waals surface area contributed by atoms with Crippen LogP contribution >= 0.6 is 0 Å². The van der Waals surface area contributed by atoms with Gasteiger partial charge in [0, 0.05) is 19.4 Å². The summed E-state index contributed by atoms with van der Waals surface area (Å²) in [6, 6.07) is -1.24. The van der Waals surface area contributed by atoms with Crippen LogP contribution in [-0.2, 0) is 23.9 Å². The summed E-state index contributed by atoms with van der Waals surface area (Å²) in [6.45, 7) is 5.32. The van der Waals surface area contributed by atoms with Gasteiger partial charge in [0.2, 0.25) is 17.7 Å². The normalized spacial score (nSPS) is 20.7. The summed E-state index contributed by atoms with van der Waals surface area (Å²) in [5.74, 6) is -6.83. The molecule has 358 valence electrons. The van der Waals surface area contributed by atoms with Crippen LogP contribution in [0.25, 0.3) is 0 Å². The summed E-state index contributed by atoms with van der Waals surface area (Å²) in [4.78, 5) is 53.0. The summed E-state index contributed by atoms with van der Waals surface area (Å²) < 4.78 is 6.08. The highest BCUT2D eigenvalue weighted by atomic mass is 16.6. The Hall–Kier alpha value is -2.12. The molecule has 0 bridgehead atoms. The number of nitrogens with one attached hydrogen (secondary N) is 1. The monoisotopic (exact) mass is 868 g/mol. The predicted octanol–water partition coefficient (Wildman–Crippen LogP) is 9.62. The Morgan fingerprint density at radius 1 is 0.590 bits per heavy atom. The minimum Gasteiger partial charge on any atom is -0.481 e. The van der Waals surface area contributed by atoms with E-state index in [2.05, 4.69) is 19.2 Å². The molecule has 7 N–H and O–H groups in total. The van der Waals surface area contributed by atoms with Crippen molar-refractivity contribution in [2.45, 2.75) is 269 Å². The summed E-state index contributed by atoms with van der Waals surface area (Å²) in [7, 11) is 0. The number of carboxylic acids is 1. The molecule has 0 saturated carbocycles. The minimum atomic E-state index is -2.22. The minimum absolute atomic E-state index is 0.149. The smallest absolute Gasteiger partial charge is 0.303 e. The zero-order valence-corrected chi connectivity index (χ0v) is 39.2. The molecule has 12 nitrogen and oxygen atoms in total. The van der Waals surface area contributed by atoms with Gasteiger partial charge in [-0.1, -0.05) is 200 Å². The van der Waals surface area contributed by atoms with Gasteiger partial charge in [0.15, 0.2) is 5.78 Å². The first-order chi connectivity index (χ1) is 29.4.